The van der Waals surface area contributed by atoms with Crippen LogP contribution in [0.2, 0.25) is 0 Å². The highest BCUT2D eigenvalue weighted by molar-refractivity contribution is 5.94. The summed E-state index contributed by atoms with van der Waals surface area (Å²) in [6.45, 7) is 3.70. The van der Waals surface area contributed by atoms with E-state index in [1.165, 1.54) is 7.11 Å². The van der Waals surface area contributed by atoms with E-state index in [0.717, 1.165) is 12.8 Å². The summed E-state index contributed by atoms with van der Waals surface area (Å²) >= 11 is 0. The number of benzene rings is 1. The first-order valence-corrected chi connectivity index (χ1v) is 10.4. The summed E-state index contributed by atoms with van der Waals surface area (Å²) < 4.78 is 16.6. The number of methoxy groups -OCH3 is 1. The van der Waals surface area contributed by atoms with Crippen LogP contribution in [0.3, 0.4) is 0 Å². The van der Waals surface area contributed by atoms with E-state index in [-0.39, 0.29) is 30.6 Å². The lowest BCUT2D eigenvalue weighted by Gasteiger charge is -2.32. The Balaban J connectivity index is 1.41. The molecule has 1 aliphatic heterocycles. The maximum absolute atomic E-state index is 12.4. The Bertz CT molecular complexity index is 836. The van der Waals surface area contributed by atoms with Crippen LogP contribution in [-0.2, 0) is 9.53 Å². The first kappa shape index (κ1) is 22.6. The number of ether oxygens (including phenoxy) is 3. The molecule has 1 fully saturated rings. The van der Waals surface area contributed by atoms with Gasteiger partial charge in [-0.1, -0.05) is 0 Å². The normalized spacial score (nSPS) is 15.2. The summed E-state index contributed by atoms with van der Waals surface area (Å²) in [6.07, 6.45) is 4.73. The topological polar surface area (TPSA) is 90.0 Å². The molecule has 31 heavy (non-hydrogen) atoms. The Kier molecular flexibility index (Phi) is 8.23. The van der Waals surface area contributed by atoms with Crippen LogP contribution in [0.5, 0.6) is 11.5 Å². The van der Waals surface area contributed by atoms with Gasteiger partial charge in [-0.05, 0) is 43.3 Å². The Morgan fingerprint density at radius 3 is 2.55 bits per heavy atom. The van der Waals surface area contributed by atoms with Crippen LogP contribution in [0.4, 0.5) is 0 Å². The second kappa shape index (κ2) is 11.3. The van der Waals surface area contributed by atoms with Crippen LogP contribution < -0.4 is 14.8 Å². The van der Waals surface area contributed by atoms with Crippen molar-refractivity contribution in [3.63, 3.8) is 0 Å². The van der Waals surface area contributed by atoms with Crippen molar-refractivity contribution in [1.82, 2.24) is 15.2 Å². The van der Waals surface area contributed by atoms with E-state index in [2.05, 4.69) is 10.3 Å². The Morgan fingerprint density at radius 2 is 1.90 bits per heavy atom. The van der Waals surface area contributed by atoms with Crippen LogP contribution in [-0.4, -0.2) is 67.3 Å². The number of carbonyl (C=O) groups excluding carboxylic acids is 2. The first-order valence-electron chi connectivity index (χ1n) is 10.4. The molecule has 1 atom stereocenters. The number of piperidine rings is 1. The van der Waals surface area contributed by atoms with Crippen molar-refractivity contribution in [1.29, 1.82) is 0 Å². The molecule has 0 saturated carbocycles. The molecule has 8 heteroatoms. The number of likely N-dealkylation sites (tertiary alicyclic amines) is 1. The number of pyridine rings is 1. The van der Waals surface area contributed by atoms with Gasteiger partial charge in [0.05, 0.1) is 12.7 Å². The average molecular weight is 428 g/mol. The van der Waals surface area contributed by atoms with Crippen molar-refractivity contribution in [3.8, 4) is 11.5 Å². The zero-order valence-corrected chi connectivity index (χ0v) is 18.0. The summed E-state index contributed by atoms with van der Waals surface area (Å²) in [5.74, 6) is 1.22. The molecule has 8 nitrogen and oxygen atoms in total. The standard InChI is InChI=1S/C23H29N3O5/c1-17(30-21-4-3-11-24-15-21)14-25-23(28)18-5-7-19(8-6-18)31-20-9-12-26(13-10-20)22(27)16-29-2/h3-8,11,15,17,20H,9-10,12-14,16H2,1-2H3,(H,25,28)/t17-/m0/s1. The molecule has 3 rings (SSSR count). The SMILES string of the molecule is COCC(=O)N1CCC(Oc2ccc(C(=O)NC[C@H](C)Oc3cccnc3)cc2)CC1. The van der Waals surface area contributed by atoms with Gasteiger partial charge in [-0.2, -0.15) is 0 Å². The summed E-state index contributed by atoms with van der Waals surface area (Å²) in [5.41, 5.74) is 0.556. The minimum Gasteiger partial charge on any atom is -0.490 e. The van der Waals surface area contributed by atoms with Crippen molar-refractivity contribution in [2.45, 2.75) is 32.0 Å². The monoisotopic (exact) mass is 427 g/mol. The zero-order chi connectivity index (χ0) is 22.1. The minimum absolute atomic E-state index is 0.0106. The van der Waals surface area contributed by atoms with Gasteiger partial charge >= 0.3 is 0 Å². The van der Waals surface area contributed by atoms with Crippen molar-refractivity contribution in [3.05, 3.63) is 54.4 Å². The summed E-state index contributed by atoms with van der Waals surface area (Å²) in [4.78, 5) is 30.1. The van der Waals surface area contributed by atoms with E-state index in [1.54, 1.807) is 47.6 Å². The maximum Gasteiger partial charge on any atom is 0.251 e. The lowest BCUT2D eigenvalue weighted by molar-refractivity contribution is -0.136. The fourth-order valence-electron chi connectivity index (χ4n) is 3.34. The summed E-state index contributed by atoms with van der Waals surface area (Å²) in [7, 11) is 1.52. The summed E-state index contributed by atoms with van der Waals surface area (Å²) in [6, 6.07) is 10.7. The van der Waals surface area contributed by atoms with E-state index in [1.807, 2.05) is 13.0 Å². The number of rotatable bonds is 9. The van der Waals surface area contributed by atoms with Crippen molar-refractivity contribution < 1.29 is 23.8 Å². The second-order valence-electron chi connectivity index (χ2n) is 7.48. The third-order valence-electron chi connectivity index (χ3n) is 5.00. The van der Waals surface area contributed by atoms with Crippen molar-refractivity contribution in [2.24, 2.45) is 0 Å². The van der Waals surface area contributed by atoms with E-state index >= 15 is 0 Å². The maximum atomic E-state index is 12.4. The number of hydrogen-bond acceptors (Lipinski definition) is 6. The molecule has 2 aromatic rings. The fourth-order valence-corrected chi connectivity index (χ4v) is 3.34. The van der Waals surface area contributed by atoms with Gasteiger partial charge in [-0.3, -0.25) is 14.6 Å². The van der Waals surface area contributed by atoms with Crippen LogP contribution in [0.25, 0.3) is 0 Å². The first-order chi connectivity index (χ1) is 15.0. The molecule has 1 saturated heterocycles. The number of aromatic nitrogens is 1. The lowest BCUT2D eigenvalue weighted by atomic mass is 10.1. The van der Waals surface area contributed by atoms with Crippen molar-refractivity contribution in [2.75, 3.05) is 33.4 Å². The van der Waals surface area contributed by atoms with Crippen LogP contribution in [0.1, 0.15) is 30.1 Å². The molecule has 1 aromatic heterocycles. The van der Waals surface area contributed by atoms with Gasteiger partial charge in [0.15, 0.2) is 0 Å². The predicted molar refractivity (Wildman–Crippen MR) is 115 cm³/mol. The largest absolute Gasteiger partial charge is 0.490 e. The minimum atomic E-state index is -0.183. The molecule has 1 aliphatic rings. The van der Waals surface area contributed by atoms with E-state index < -0.39 is 0 Å². The lowest BCUT2D eigenvalue weighted by Crippen LogP contribution is -2.43. The highest BCUT2D eigenvalue weighted by Crippen LogP contribution is 2.20. The third kappa shape index (κ3) is 6.96. The van der Waals surface area contributed by atoms with Gasteiger partial charge < -0.3 is 24.4 Å². The fraction of sp³-hybridized carbons (Fsp3) is 0.435. The van der Waals surface area contributed by atoms with Gasteiger partial charge in [0.2, 0.25) is 5.91 Å². The molecule has 2 heterocycles. The Labute approximate surface area is 182 Å². The molecule has 2 amide bonds. The van der Waals surface area contributed by atoms with Gasteiger partial charge in [0.25, 0.3) is 5.91 Å². The molecule has 166 valence electrons. The van der Waals surface area contributed by atoms with E-state index in [9.17, 15) is 9.59 Å². The number of nitrogens with zero attached hydrogens (tertiary/aromatic N) is 2. The van der Waals surface area contributed by atoms with E-state index in [4.69, 9.17) is 14.2 Å². The molecule has 0 spiro atoms. The quantitative estimate of drug-likeness (QED) is 0.661. The van der Waals surface area contributed by atoms with Gasteiger partial charge in [0.1, 0.15) is 30.3 Å². The van der Waals surface area contributed by atoms with Crippen LogP contribution in [0.15, 0.2) is 48.8 Å². The van der Waals surface area contributed by atoms with Gasteiger partial charge in [-0.25, -0.2) is 0 Å². The van der Waals surface area contributed by atoms with Gasteiger partial charge in [0, 0.05) is 44.8 Å². The average Bonchev–Trinajstić information content (AvgIpc) is 2.79. The zero-order valence-electron chi connectivity index (χ0n) is 18.0. The van der Waals surface area contributed by atoms with Crippen molar-refractivity contribution >= 4 is 11.8 Å². The molecule has 0 bridgehead atoms. The van der Waals surface area contributed by atoms with Gasteiger partial charge in [-0.15, -0.1) is 0 Å². The van der Waals surface area contributed by atoms with Crippen LogP contribution in [0, 0.1) is 0 Å². The predicted octanol–water partition coefficient (Wildman–Crippen LogP) is 2.30. The van der Waals surface area contributed by atoms with Crippen LogP contribution >= 0.6 is 0 Å². The Hall–Kier alpha value is -3.13. The third-order valence-corrected chi connectivity index (χ3v) is 5.00. The second-order valence-corrected chi connectivity index (χ2v) is 7.48. The molecular weight excluding hydrogens is 398 g/mol. The molecule has 0 aliphatic carbocycles. The summed E-state index contributed by atoms with van der Waals surface area (Å²) in [5, 5.41) is 2.87. The number of nitrogens with one attached hydrogen (secondary N) is 1. The number of hydrogen-bond donors (Lipinski definition) is 1. The molecule has 1 N–H and O–H groups in total. The van der Waals surface area contributed by atoms with E-state index in [0.29, 0.717) is 36.7 Å². The smallest absolute Gasteiger partial charge is 0.251 e. The molecule has 1 aromatic carbocycles. The molecule has 0 unspecified atom stereocenters. The highest BCUT2D eigenvalue weighted by Gasteiger charge is 2.23. The highest BCUT2D eigenvalue weighted by atomic mass is 16.5. The Morgan fingerprint density at radius 1 is 1.16 bits per heavy atom. The molecular formula is C23H29N3O5. The number of amides is 2. The molecule has 0 radical (unpaired) electrons. The number of carbonyl (C=O) groups is 2.